The maximum absolute atomic E-state index is 13.1. The van der Waals surface area contributed by atoms with Crippen molar-refractivity contribution < 1.29 is 12.8 Å². The molecule has 1 aliphatic heterocycles. The first-order valence-electron chi connectivity index (χ1n) is 6.03. The minimum Gasteiger partial charge on any atom is -0.311 e. The molecule has 1 N–H and O–H groups in total. The molecule has 1 aliphatic rings. The van der Waals surface area contributed by atoms with Gasteiger partial charge >= 0.3 is 0 Å². The average molecular weight is 272 g/mol. The Labute approximate surface area is 107 Å². The SMILES string of the molecule is CCC1CN(S(=O)(=O)c2cccc(F)c2)CCN1. The van der Waals surface area contributed by atoms with Crippen molar-refractivity contribution in [3.05, 3.63) is 30.1 Å². The van der Waals surface area contributed by atoms with E-state index in [0.717, 1.165) is 12.5 Å². The van der Waals surface area contributed by atoms with Crippen LogP contribution in [0.4, 0.5) is 4.39 Å². The monoisotopic (exact) mass is 272 g/mol. The Morgan fingerprint density at radius 3 is 2.94 bits per heavy atom. The van der Waals surface area contributed by atoms with Gasteiger partial charge in [-0.15, -0.1) is 0 Å². The summed E-state index contributed by atoms with van der Waals surface area (Å²) in [5, 5.41) is 3.25. The zero-order chi connectivity index (χ0) is 13.2. The van der Waals surface area contributed by atoms with E-state index in [-0.39, 0.29) is 10.9 Å². The third-order valence-electron chi connectivity index (χ3n) is 3.14. The molecule has 1 saturated heterocycles. The third kappa shape index (κ3) is 2.71. The fourth-order valence-corrected chi connectivity index (χ4v) is 3.58. The van der Waals surface area contributed by atoms with E-state index >= 15 is 0 Å². The van der Waals surface area contributed by atoms with Crippen LogP contribution < -0.4 is 5.32 Å². The number of hydrogen-bond acceptors (Lipinski definition) is 3. The van der Waals surface area contributed by atoms with Gasteiger partial charge in [0.2, 0.25) is 10.0 Å². The number of rotatable bonds is 3. The molecule has 1 heterocycles. The molecule has 1 aromatic rings. The largest absolute Gasteiger partial charge is 0.311 e. The minimum atomic E-state index is -3.57. The van der Waals surface area contributed by atoms with Crippen molar-refractivity contribution in [3.8, 4) is 0 Å². The average Bonchev–Trinajstić information content (AvgIpc) is 2.39. The molecule has 1 aromatic carbocycles. The first-order valence-corrected chi connectivity index (χ1v) is 7.47. The Bertz CT molecular complexity index is 519. The number of nitrogens with zero attached hydrogens (tertiary/aromatic N) is 1. The molecule has 0 radical (unpaired) electrons. The molecule has 0 aliphatic carbocycles. The Morgan fingerprint density at radius 1 is 1.50 bits per heavy atom. The van der Waals surface area contributed by atoms with Gasteiger partial charge in [0, 0.05) is 25.7 Å². The normalized spacial score (nSPS) is 22.0. The van der Waals surface area contributed by atoms with E-state index < -0.39 is 15.8 Å². The zero-order valence-corrected chi connectivity index (χ0v) is 11.1. The molecule has 0 amide bonds. The van der Waals surface area contributed by atoms with Gasteiger partial charge in [0.05, 0.1) is 4.90 Å². The molecule has 0 aromatic heterocycles. The van der Waals surface area contributed by atoms with Gasteiger partial charge in [0.1, 0.15) is 5.82 Å². The molecule has 4 nitrogen and oxygen atoms in total. The highest BCUT2D eigenvalue weighted by atomic mass is 32.2. The molecule has 1 atom stereocenters. The van der Waals surface area contributed by atoms with Gasteiger partial charge in [-0.25, -0.2) is 12.8 Å². The van der Waals surface area contributed by atoms with Crippen LogP contribution in [-0.2, 0) is 10.0 Å². The molecule has 6 heteroatoms. The number of benzene rings is 1. The van der Waals surface area contributed by atoms with Crippen LogP contribution in [-0.4, -0.2) is 38.4 Å². The van der Waals surface area contributed by atoms with Crippen molar-refractivity contribution >= 4 is 10.0 Å². The van der Waals surface area contributed by atoms with Gasteiger partial charge in [0.25, 0.3) is 0 Å². The fraction of sp³-hybridized carbons (Fsp3) is 0.500. The smallest absolute Gasteiger partial charge is 0.243 e. The van der Waals surface area contributed by atoms with E-state index in [9.17, 15) is 12.8 Å². The molecule has 100 valence electrons. The van der Waals surface area contributed by atoms with Crippen molar-refractivity contribution in [2.45, 2.75) is 24.3 Å². The van der Waals surface area contributed by atoms with Gasteiger partial charge in [-0.05, 0) is 24.6 Å². The summed E-state index contributed by atoms with van der Waals surface area (Å²) >= 11 is 0. The molecule has 2 rings (SSSR count). The maximum atomic E-state index is 13.1. The van der Waals surface area contributed by atoms with Crippen molar-refractivity contribution in [2.75, 3.05) is 19.6 Å². The van der Waals surface area contributed by atoms with Crippen LogP contribution in [0.1, 0.15) is 13.3 Å². The van der Waals surface area contributed by atoms with Crippen LogP contribution in [0.15, 0.2) is 29.2 Å². The van der Waals surface area contributed by atoms with Crippen molar-refractivity contribution in [2.24, 2.45) is 0 Å². The van der Waals surface area contributed by atoms with E-state index in [1.54, 1.807) is 0 Å². The number of piperazine rings is 1. The molecule has 1 fully saturated rings. The summed E-state index contributed by atoms with van der Waals surface area (Å²) in [6.07, 6.45) is 0.870. The fourth-order valence-electron chi connectivity index (χ4n) is 2.06. The zero-order valence-electron chi connectivity index (χ0n) is 10.3. The Morgan fingerprint density at radius 2 is 2.28 bits per heavy atom. The van der Waals surface area contributed by atoms with Crippen LogP contribution in [0.25, 0.3) is 0 Å². The lowest BCUT2D eigenvalue weighted by Gasteiger charge is -2.32. The number of sulfonamides is 1. The standard InChI is InChI=1S/C12H17FN2O2S/c1-2-11-9-15(7-6-14-11)18(16,17)12-5-3-4-10(13)8-12/h3-5,8,11,14H,2,6-7,9H2,1H3. The van der Waals surface area contributed by atoms with Gasteiger partial charge in [-0.2, -0.15) is 4.31 Å². The summed E-state index contributed by atoms with van der Waals surface area (Å²) in [6.45, 7) is 3.51. The number of halogens is 1. The van der Waals surface area contributed by atoms with Crippen molar-refractivity contribution in [1.82, 2.24) is 9.62 Å². The first-order chi connectivity index (χ1) is 8.54. The van der Waals surface area contributed by atoms with Gasteiger partial charge in [-0.3, -0.25) is 0 Å². The topological polar surface area (TPSA) is 49.4 Å². The Hall–Kier alpha value is -0.980. The van der Waals surface area contributed by atoms with Gasteiger partial charge in [0.15, 0.2) is 0 Å². The number of hydrogen-bond donors (Lipinski definition) is 1. The second-order valence-electron chi connectivity index (χ2n) is 4.38. The Kier molecular flexibility index (Phi) is 3.99. The van der Waals surface area contributed by atoms with Crippen LogP contribution >= 0.6 is 0 Å². The third-order valence-corrected chi connectivity index (χ3v) is 5.01. The van der Waals surface area contributed by atoms with E-state index in [4.69, 9.17) is 0 Å². The van der Waals surface area contributed by atoms with Crippen LogP contribution in [0.3, 0.4) is 0 Å². The quantitative estimate of drug-likeness (QED) is 0.899. The van der Waals surface area contributed by atoms with Crippen LogP contribution in [0, 0.1) is 5.82 Å². The molecular formula is C12H17FN2O2S. The summed E-state index contributed by atoms with van der Waals surface area (Å²) in [5.41, 5.74) is 0. The molecule has 0 bridgehead atoms. The highest BCUT2D eigenvalue weighted by Crippen LogP contribution is 2.18. The molecule has 0 saturated carbocycles. The summed E-state index contributed by atoms with van der Waals surface area (Å²) in [5.74, 6) is -0.529. The minimum absolute atomic E-state index is 0.0271. The van der Waals surface area contributed by atoms with E-state index in [1.807, 2.05) is 6.92 Å². The van der Waals surface area contributed by atoms with Crippen LogP contribution in [0.2, 0.25) is 0 Å². The summed E-state index contributed by atoms with van der Waals surface area (Å²) in [6, 6.07) is 5.33. The van der Waals surface area contributed by atoms with E-state index in [2.05, 4.69) is 5.32 Å². The highest BCUT2D eigenvalue weighted by Gasteiger charge is 2.29. The summed E-state index contributed by atoms with van der Waals surface area (Å²) in [7, 11) is -3.57. The predicted molar refractivity (Wildman–Crippen MR) is 67.2 cm³/mol. The molecule has 1 unspecified atom stereocenters. The second kappa shape index (κ2) is 5.34. The second-order valence-corrected chi connectivity index (χ2v) is 6.32. The predicted octanol–water partition coefficient (Wildman–Crippen LogP) is 1.20. The van der Waals surface area contributed by atoms with E-state index in [0.29, 0.717) is 19.6 Å². The summed E-state index contributed by atoms with van der Waals surface area (Å²) in [4.78, 5) is 0.0271. The summed E-state index contributed by atoms with van der Waals surface area (Å²) < 4.78 is 39.2. The lowest BCUT2D eigenvalue weighted by molar-refractivity contribution is 0.293. The maximum Gasteiger partial charge on any atom is 0.243 e. The Balaban J connectivity index is 2.25. The van der Waals surface area contributed by atoms with Gasteiger partial charge in [-0.1, -0.05) is 13.0 Å². The van der Waals surface area contributed by atoms with Crippen molar-refractivity contribution in [1.29, 1.82) is 0 Å². The first kappa shape index (κ1) is 13.5. The lowest BCUT2D eigenvalue weighted by Crippen LogP contribution is -2.52. The van der Waals surface area contributed by atoms with E-state index in [1.165, 1.54) is 22.5 Å². The highest BCUT2D eigenvalue weighted by molar-refractivity contribution is 7.89. The molecule has 0 spiro atoms. The molecule has 18 heavy (non-hydrogen) atoms. The number of nitrogens with one attached hydrogen (secondary N) is 1. The van der Waals surface area contributed by atoms with Crippen molar-refractivity contribution in [3.63, 3.8) is 0 Å². The lowest BCUT2D eigenvalue weighted by atomic mass is 10.2. The van der Waals surface area contributed by atoms with Crippen LogP contribution in [0.5, 0.6) is 0 Å². The molecular weight excluding hydrogens is 255 g/mol. The van der Waals surface area contributed by atoms with Gasteiger partial charge < -0.3 is 5.32 Å².